The number of hydrogen-bond donors (Lipinski definition) is 0. The van der Waals surface area contributed by atoms with Gasteiger partial charge in [0.1, 0.15) is 11.3 Å². The zero-order chi connectivity index (χ0) is 23.4. The van der Waals surface area contributed by atoms with Crippen LogP contribution in [0.15, 0.2) is 64.4 Å². The van der Waals surface area contributed by atoms with E-state index < -0.39 is 0 Å². The average Bonchev–Trinajstić information content (AvgIpc) is 3.28. The SMILES string of the molecule is CCC(CC)C1=CC2c3cc4c5c(oc4cc3CN2C=C1)C=C=C(c1c(C)cccc1C)CC5. The number of aryl methyl sites for hydroxylation is 3. The van der Waals surface area contributed by atoms with E-state index in [0.717, 1.165) is 30.7 Å². The van der Waals surface area contributed by atoms with Gasteiger partial charge in [-0.1, -0.05) is 38.1 Å². The standard InChI is InChI=1S/C32H33NO/c1-5-22(6-2)24-14-15-33-19-25-17-31-28(18-27(25)29(33)16-24)26-12-10-23(11-13-30(26)34-31)32-20(3)8-7-9-21(32)4/h7-9,13-18,22,29H,5-6,10,12,19H2,1-4H3. The summed E-state index contributed by atoms with van der Waals surface area (Å²) in [5.41, 5.74) is 15.6. The summed E-state index contributed by atoms with van der Waals surface area (Å²) in [6.45, 7) is 9.96. The van der Waals surface area contributed by atoms with E-state index in [1.807, 2.05) is 0 Å². The molecule has 1 aliphatic carbocycles. The summed E-state index contributed by atoms with van der Waals surface area (Å²) in [5, 5.41) is 1.28. The fraction of sp³-hybridized carbons (Fsp3) is 0.344. The lowest BCUT2D eigenvalue weighted by Crippen LogP contribution is -2.18. The van der Waals surface area contributed by atoms with Gasteiger partial charge in [0.05, 0.1) is 6.04 Å². The molecule has 1 aromatic heterocycles. The van der Waals surface area contributed by atoms with Crippen LogP contribution in [0.2, 0.25) is 0 Å². The highest BCUT2D eigenvalue weighted by molar-refractivity contribution is 5.88. The second-order valence-electron chi connectivity index (χ2n) is 10.1. The molecule has 0 spiro atoms. The highest BCUT2D eigenvalue weighted by atomic mass is 16.3. The minimum Gasteiger partial charge on any atom is -0.456 e. The zero-order valence-electron chi connectivity index (χ0n) is 20.7. The molecule has 0 bridgehead atoms. The predicted molar refractivity (Wildman–Crippen MR) is 141 cm³/mol. The fourth-order valence-corrected chi connectivity index (χ4v) is 6.28. The minimum absolute atomic E-state index is 0.343. The molecule has 1 unspecified atom stereocenters. The summed E-state index contributed by atoms with van der Waals surface area (Å²) in [6.07, 6.45) is 13.6. The van der Waals surface area contributed by atoms with Gasteiger partial charge in [0.25, 0.3) is 0 Å². The summed E-state index contributed by atoms with van der Waals surface area (Å²) < 4.78 is 6.40. The monoisotopic (exact) mass is 447 g/mol. The van der Waals surface area contributed by atoms with Crippen LogP contribution in [0.1, 0.15) is 78.3 Å². The maximum atomic E-state index is 6.40. The van der Waals surface area contributed by atoms with Crippen molar-refractivity contribution in [3.05, 3.63) is 99.1 Å². The lowest BCUT2D eigenvalue weighted by atomic mass is 9.89. The van der Waals surface area contributed by atoms with Gasteiger partial charge in [-0.25, -0.2) is 0 Å². The lowest BCUT2D eigenvalue weighted by Gasteiger charge is -2.28. The van der Waals surface area contributed by atoms with Gasteiger partial charge in [0.15, 0.2) is 0 Å². The van der Waals surface area contributed by atoms with E-state index in [4.69, 9.17) is 4.42 Å². The maximum absolute atomic E-state index is 6.40. The molecular weight excluding hydrogens is 414 g/mol. The van der Waals surface area contributed by atoms with E-state index in [0.29, 0.717) is 12.0 Å². The Morgan fingerprint density at radius 1 is 1.09 bits per heavy atom. The van der Waals surface area contributed by atoms with Gasteiger partial charge < -0.3 is 9.32 Å². The maximum Gasteiger partial charge on any atom is 0.139 e. The van der Waals surface area contributed by atoms with Crippen molar-refractivity contribution in [1.82, 2.24) is 4.90 Å². The molecule has 172 valence electrons. The Kier molecular flexibility index (Phi) is 5.15. The molecule has 2 aliphatic heterocycles. The molecular formula is C32H33NO. The number of allylic oxidation sites excluding steroid dienone is 3. The first kappa shape index (κ1) is 21.3. The normalized spacial score (nSPS) is 18.6. The van der Waals surface area contributed by atoms with E-state index in [-0.39, 0.29) is 0 Å². The molecule has 1 atom stereocenters. The number of furan rings is 1. The Hall–Kier alpha value is -3.22. The largest absolute Gasteiger partial charge is 0.456 e. The Bertz CT molecular complexity index is 1400. The quantitative estimate of drug-likeness (QED) is 0.373. The van der Waals surface area contributed by atoms with Crippen LogP contribution in [0.3, 0.4) is 0 Å². The molecule has 0 radical (unpaired) electrons. The number of benzene rings is 2. The van der Waals surface area contributed by atoms with Gasteiger partial charge in [0.2, 0.25) is 0 Å². The molecule has 2 aromatic carbocycles. The van der Waals surface area contributed by atoms with Gasteiger partial charge in [-0.3, -0.25) is 0 Å². The minimum atomic E-state index is 0.343. The van der Waals surface area contributed by atoms with Crippen molar-refractivity contribution in [1.29, 1.82) is 0 Å². The summed E-state index contributed by atoms with van der Waals surface area (Å²) in [5.74, 6) is 1.63. The van der Waals surface area contributed by atoms with Crippen molar-refractivity contribution in [2.24, 2.45) is 5.92 Å². The molecule has 34 heavy (non-hydrogen) atoms. The van der Waals surface area contributed by atoms with Gasteiger partial charge in [-0.15, -0.1) is 5.73 Å². The number of nitrogens with zero attached hydrogens (tertiary/aromatic N) is 1. The third-order valence-electron chi connectivity index (χ3n) is 8.16. The lowest BCUT2D eigenvalue weighted by molar-refractivity contribution is 0.343. The average molecular weight is 448 g/mol. The van der Waals surface area contributed by atoms with Crippen molar-refractivity contribution >= 4 is 22.6 Å². The number of hydrogen-bond acceptors (Lipinski definition) is 2. The molecule has 3 aliphatic rings. The topological polar surface area (TPSA) is 16.4 Å². The highest BCUT2D eigenvalue weighted by Crippen LogP contribution is 2.43. The molecule has 3 heterocycles. The van der Waals surface area contributed by atoms with Crippen molar-refractivity contribution in [3.8, 4) is 0 Å². The van der Waals surface area contributed by atoms with Crippen molar-refractivity contribution in [2.75, 3.05) is 0 Å². The highest BCUT2D eigenvalue weighted by Gasteiger charge is 2.31. The Morgan fingerprint density at radius 2 is 1.88 bits per heavy atom. The molecule has 2 heteroatoms. The molecule has 0 saturated heterocycles. The first-order valence-corrected chi connectivity index (χ1v) is 12.8. The Morgan fingerprint density at radius 3 is 2.65 bits per heavy atom. The van der Waals surface area contributed by atoms with Gasteiger partial charge in [-0.05, 0) is 97.0 Å². The van der Waals surface area contributed by atoms with Crippen LogP contribution in [0, 0.1) is 19.8 Å². The van der Waals surface area contributed by atoms with E-state index >= 15 is 0 Å². The number of fused-ring (bicyclic) bond motifs is 6. The fourth-order valence-electron chi connectivity index (χ4n) is 6.28. The molecule has 0 N–H and O–H groups in total. The molecule has 0 saturated carbocycles. The predicted octanol–water partition coefficient (Wildman–Crippen LogP) is 8.44. The first-order chi connectivity index (χ1) is 16.6. The van der Waals surface area contributed by atoms with Crippen molar-refractivity contribution in [3.63, 3.8) is 0 Å². The van der Waals surface area contributed by atoms with Crippen LogP contribution in [0.25, 0.3) is 22.6 Å². The van der Waals surface area contributed by atoms with Crippen LogP contribution >= 0.6 is 0 Å². The second-order valence-corrected chi connectivity index (χ2v) is 10.1. The van der Waals surface area contributed by atoms with Crippen molar-refractivity contribution in [2.45, 2.75) is 66.0 Å². The van der Waals surface area contributed by atoms with Gasteiger partial charge in [0, 0.05) is 35.3 Å². The Balaban J connectivity index is 1.40. The molecule has 0 fully saturated rings. The van der Waals surface area contributed by atoms with Crippen LogP contribution in [-0.4, -0.2) is 4.90 Å². The van der Waals surface area contributed by atoms with Gasteiger partial charge in [-0.2, -0.15) is 0 Å². The third-order valence-corrected chi connectivity index (χ3v) is 8.16. The zero-order valence-corrected chi connectivity index (χ0v) is 20.7. The summed E-state index contributed by atoms with van der Waals surface area (Å²) in [4.78, 5) is 2.47. The summed E-state index contributed by atoms with van der Waals surface area (Å²) in [7, 11) is 0. The summed E-state index contributed by atoms with van der Waals surface area (Å²) in [6, 6.07) is 11.6. The van der Waals surface area contributed by atoms with E-state index in [9.17, 15) is 0 Å². The van der Waals surface area contributed by atoms with Crippen LogP contribution in [0.5, 0.6) is 0 Å². The van der Waals surface area contributed by atoms with Gasteiger partial charge >= 0.3 is 0 Å². The van der Waals surface area contributed by atoms with E-state index in [1.165, 1.54) is 62.8 Å². The van der Waals surface area contributed by atoms with Crippen LogP contribution < -0.4 is 0 Å². The molecule has 2 nitrogen and oxygen atoms in total. The van der Waals surface area contributed by atoms with Crippen LogP contribution in [0.4, 0.5) is 0 Å². The Labute approximate surface area is 203 Å². The summed E-state index contributed by atoms with van der Waals surface area (Å²) >= 11 is 0. The van der Waals surface area contributed by atoms with E-state index in [1.54, 1.807) is 0 Å². The second kappa shape index (κ2) is 8.22. The third kappa shape index (κ3) is 3.32. The van der Waals surface area contributed by atoms with Crippen molar-refractivity contribution < 1.29 is 4.42 Å². The molecule has 3 aromatic rings. The smallest absolute Gasteiger partial charge is 0.139 e. The first-order valence-electron chi connectivity index (χ1n) is 12.8. The molecule has 6 rings (SSSR count). The molecule has 0 amide bonds. The van der Waals surface area contributed by atoms with E-state index in [2.05, 4.69) is 93.1 Å². The van der Waals surface area contributed by atoms with Crippen LogP contribution in [-0.2, 0) is 13.0 Å². The number of rotatable bonds is 4.